The SMILES string of the molecule is CCCCCCC[C@H]1CC[C@H]([SiH]2CCC(c3cc(F)c(O)c(F)c3)CC2)CC1. The van der Waals surface area contributed by atoms with Gasteiger partial charge in [-0.05, 0) is 47.9 Å². The Balaban J connectivity index is 1.39. The van der Waals surface area contributed by atoms with Gasteiger partial charge in [0.25, 0.3) is 0 Å². The summed E-state index contributed by atoms with van der Waals surface area (Å²) in [5, 5.41) is 9.31. The van der Waals surface area contributed by atoms with Gasteiger partial charge < -0.3 is 5.11 Å². The zero-order chi connectivity index (χ0) is 19.9. The van der Waals surface area contributed by atoms with E-state index in [2.05, 4.69) is 6.92 Å². The van der Waals surface area contributed by atoms with E-state index < -0.39 is 26.2 Å². The highest BCUT2D eigenvalue weighted by atomic mass is 28.3. The van der Waals surface area contributed by atoms with Crippen LogP contribution in [0.4, 0.5) is 8.78 Å². The molecular formula is C24H38F2OSi. The van der Waals surface area contributed by atoms with Crippen molar-refractivity contribution < 1.29 is 13.9 Å². The molecule has 1 saturated heterocycles. The minimum absolute atomic E-state index is 0.271. The van der Waals surface area contributed by atoms with Crippen LogP contribution in [0.25, 0.3) is 0 Å². The van der Waals surface area contributed by atoms with Crippen molar-refractivity contribution in [2.45, 2.75) is 108 Å². The summed E-state index contributed by atoms with van der Waals surface area (Å²) in [6.45, 7) is 2.28. The smallest absolute Gasteiger partial charge is 0.187 e. The lowest BCUT2D eigenvalue weighted by atomic mass is 9.85. The lowest BCUT2D eigenvalue weighted by molar-refractivity contribution is 0.324. The first-order chi connectivity index (χ1) is 13.6. The van der Waals surface area contributed by atoms with Gasteiger partial charge in [-0.1, -0.05) is 83.2 Å². The number of rotatable bonds is 8. The number of aromatic hydroxyl groups is 1. The van der Waals surface area contributed by atoms with Crippen LogP contribution in [0.5, 0.6) is 5.75 Å². The molecular weight excluding hydrogens is 370 g/mol. The first kappa shape index (κ1) is 21.8. The van der Waals surface area contributed by atoms with Crippen molar-refractivity contribution in [2.75, 3.05) is 0 Å². The molecule has 1 aromatic rings. The minimum Gasteiger partial charge on any atom is -0.503 e. The van der Waals surface area contributed by atoms with E-state index in [0.29, 0.717) is 0 Å². The maximum absolute atomic E-state index is 13.7. The van der Waals surface area contributed by atoms with Gasteiger partial charge in [-0.3, -0.25) is 0 Å². The van der Waals surface area contributed by atoms with E-state index in [0.717, 1.165) is 29.9 Å². The van der Waals surface area contributed by atoms with Crippen LogP contribution in [-0.4, -0.2) is 13.9 Å². The largest absolute Gasteiger partial charge is 0.503 e. The van der Waals surface area contributed by atoms with Gasteiger partial charge >= 0.3 is 0 Å². The van der Waals surface area contributed by atoms with E-state index in [9.17, 15) is 13.9 Å². The topological polar surface area (TPSA) is 20.2 Å². The van der Waals surface area contributed by atoms with Gasteiger partial charge in [-0.2, -0.15) is 0 Å². The van der Waals surface area contributed by atoms with Gasteiger partial charge in [0.05, 0.1) is 0 Å². The molecule has 1 heterocycles. The predicted molar refractivity (Wildman–Crippen MR) is 116 cm³/mol. The van der Waals surface area contributed by atoms with Crippen molar-refractivity contribution in [3.8, 4) is 5.75 Å². The Morgan fingerprint density at radius 3 is 2.11 bits per heavy atom. The number of halogens is 2. The molecule has 2 aliphatic rings. The van der Waals surface area contributed by atoms with E-state index in [4.69, 9.17) is 0 Å². The van der Waals surface area contributed by atoms with Crippen LogP contribution in [0.1, 0.15) is 95.5 Å². The Labute approximate surface area is 171 Å². The molecule has 0 spiro atoms. The Kier molecular flexibility index (Phi) is 8.37. The maximum atomic E-state index is 13.7. The fraction of sp³-hybridized carbons (Fsp3) is 0.750. The molecule has 1 aliphatic carbocycles. The van der Waals surface area contributed by atoms with E-state index in [1.54, 1.807) is 0 Å². The average molecular weight is 409 g/mol. The van der Waals surface area contributed by atoms with Crippen molar-refractivity contribution >= 4 is 8.80 Å². The van der Waals surface area contributed by atoms with Crippen molar-refractivity contribution in [1.29, 1.82) is 0 Å². The van der Waals surface area contributed by atoms with Crippen LogP contribution in [0.3, 0.4) is 0 Å². The van der Waals surface area contributed by atoms with Crippen molar-refractivity contribution in [3.05, 3.63) is 29.3 Å². The van der Waals surface area contributed by atoms with Crippen LogP contribution < -0.4 is 0 Å². The first-order valence-electron chi connectivity index (χ1n) is 11.8. The molecule has 0 aromatic heterocycles. The van der Waals surface area contributed by atoms with Gasteiger partial charge in [0, 0.05) is 8.80 Å². The lowest BCUT2D eigenvalue weighted by Gasteiger charge is -2.37. The molecule has 0 radical (unpaired) electrons. The molecule has 158 valence electrons. The van der Waals surface area contributed by atoms with Gasteiger partial charge in [0.1, 0.15) is 0 Å². The standard InChI is InChI=1S/C24H38F2OSi/c1-2-3-4-5-6-7-18-8-10-21(11-9-18)28-14-12-19(13-15-28)20-16-22(25)24(27)23(26)17-20/h16-19,21,27-28H,2-15H2,1H3/t18-,19?,21-,28?. The van der Waals surface area contributed by atoms with Crippen LogP contribution >= 0.6 is 0 Å². The molecule has 0 unspecified atom stereocenters. The number of phenols is 1. The van der Waals surface area contributed by atoms with Crippen molar-refractivity contribution in [3.63, 3.8) is 0 Å². The highest BCUT2D eigenvalue weighted by Gasteiger charge is 2.32. The second-order valence-electron chi connectivity index (χ2n) is 9.43. The Morgan fingerprint density at radius 2 is 1.50 bits per heavy atom. The summed E-state index contributed by atoms with van der Waals surface area (Å²) in [7, 11) is -0.711. The normalized spacial score (nSPS) is 28.4. The number of hydrogen-bond donors (Lipinski definition) is 1. The number of phenolic OH excluding ortho intramolecular Hbond substituents is 1. The maximum Gasteiger partial charge on any atom is 0.187 e. The molecule has 0 bridgehead atoms. The fourth-order valence-electron chi connectivity index (χ4n) is 5.73. The summed E-state index contributed by atoms with van der Waals surface area (Å²) in [4.78, 5) is 0. The van der Waals surface area contributed by atoms with E-state index in [1.165, 1.54) is 88.4 Å². The van der Waals surface area contributed by atoms with Crippen LogP contribution in [0, 0.1) is 17.6 Å². The van der Waals surface area contributed by atoms with Crippen LogP contribution in [-0.2, 0) is 0 Å². The second kappa shape index (κ2) is 10.8. The molecule has 1 nitrogen and oxygen atoms in total. The molecule has 1 aromatic carbocycles. The molecule has 0 atom stereocenters. The van der Waals surface area contributed by atoms with E-state index >= 15 is 0 Å². The quantitative estimate of drug-likeness (QED) is 0.345. The molecule has 1 saturated carbocycles. The van der Waals surface area contributed by atoms with Gasteiger partial charge in [-0.25, -0.2) is 8.78 Å². The van der Waals surface area contributed by atoms with Gasteiger partial charge in [0.2, 0.25) is 0 Å². The first-order valence-corrected chi connectivity index (χ1v) is 14.1. The Morgan fingerprint density at radius 1 is 0.893 bits per heavy atom. The Bertz CT molecular complexity index is 582. The summed E-state index contributed by atoms with van der Waals surface area (Å²) in [6.07, 6.45) is 16.4. The number of hydrogen-bond acceptors (Lipinski definition) is 1. The van der Waals surface area contributed by atoms with E-state index in [1.807, 2.05) is 0 Å². The molecule has 1 N–H and O–H groups in total. The number of benzene rings is 1. The highest BCUT2D eigenvalue weighted by molar-refractivity contribution is 6.60. The third-order valence-corrected chi connectivity index (χ3v) is 11.7. The molecule has 1 aliphatic heterocycles. The van der Waals surface area contributed by atoms with Crippen molar-refractivity contribution in [1.82, 2.24) is 0 Å². The molecule has 28 heavy (non-hydrogen) atoms. The Hall–Kier alpha value is -0.903. The summed E-state index contributed by atoms with van der Waals surface area (Å²) in [6, 6.07) is 5.33. The van der Waals surface area contributed by atoms with Crippen LogP contribution in [0.15, 0.2) is 12.1 Å². The fourth-order valence-corrected chi connectivity index (χ4v) is 9.95. The monoisotopic (exact) mass is 408 g/mol. The van der Waals surface area contributed by atoms with Gasteiger partial charge in [-0.15, -0.1) is 0 Å². The molecule has 2 fully saturated rings. The summed E-state index contributed by atoms with van der Waals surface area (Å²) in [5.74, 6) is -1.22. The third-order valence-electron chi connectivity index (χ3n) is 7.56. The average Bonchev–Trinajstić information content (AvgIpc) is 2.72. The van der Waals surface area contributed by atoms with E-state index in [-0.39, 0.29) is 5.92 Å². The molecule has 3 rings (SSSR count). The second-order valence-corrected chi connectivity index (χ2v) is 13.0. The highest BCUT2D eigenvalue weighted by Crippen LogP contribution is 2.44. The zero-order valence-corrected chi connectivity index (χ0v) is 18.7. The molecule has 4 heteroatoms. The summed E-state index contributed by atoms with van der Waals surface area (Å²) >= 11 is 0. The predicted octanol–water partition coefficient (Wildman–Crippen LogP) is 7.70. The summed E-state index contributed by atoms with van der Waals surface area (Å²) < 4.78 is 27.3. The minimum atomic E-state index is -0.839. The summed E-state index contributed by atoms with van der Waals surface area (Å²) in [5.41, 5.74) is 1.75. The van der Waals surface area contributed by atoms with Crippen molar-refractivity contribution in [2.24, 2.45) is 5.92 Å². The van der Waals surface area contributed by atoms with Crippen LogP contribution in [0.2, 0.25) is 17.6 Å². The van der Waals surface area contributed by atoms with Gasteiger partial charge in [0.15, 0.2) is 17.4 Å². The number of unbranched alkanes of at least 4 members (excludes halogenated alkanes) is 4. The zero-order valence-electron chi connectivity index (χ0n) is 17.6. The third kappa shape index (κ3) is 5.81. The lowest BCUT2D eigenvalue weighted by Crippen LogP contribution is -2.29. The molecule has 0 amide bonds.